The first-order valence-corrected chi connectivity index (χ1v) is 8.33. The van der Waals surface area contributed by atoms with Crippen LogP contribution < -0.4 is 10.0 Å². The highest BCUT2D eigenvalue weighted by molar-refractivity contribution is 7.89. The molecule has 1 aliphatic heterocycles. The van der Waals surface area contributed by atoms with Gasteiger partial charge in [-0.2, -0.15) is 0 Å². The SMILES string of the molecule is CC(C)C1(C(=O)O)CCN(c2ccccc2S(N)(=O)=O)C1. The molecule has 7 heteroatoms. The predicted octanol–water partition coefficient (Wildman–Crippen LogP) is 1.27. The van der Waals surface area contributed by atoms with Crippen molar-refractivity contribution in [2.45, 2.75) is 25.2 Å². The number of carboxylic acids is 1. The first kappa shape index (κ1) is 15.8. The largest absolute Gasteiger partial charge is 0.481 e. The zero-order chi connectivity index (χ0) is 15.8. The number of nitrogens with two attached hydrogens (primary N) is 1. The third-order valence-electron chi connectivity index (χ3n) is 4.34. The average Bonchev–Trinajstić information content (AvgIpc) is 2.84. The van der Waals surface area contributed by atoms with E-state index in [0.29, 0.717) is 18.7 Å². The molecule has 0 saturated carbocycles. The van der Waals surface area contributed by atoms with Crippen LogP contribution in [0.2, 0.25) is 0 Å². The van der Waals surface area contributed by atoms with Gasteiger partial charge in [0.2, 0.25) is 10.0 Å². The summed E-state index contributed by atoms with van der Waals surface area (Å²) in [5.74, 6) is -0.880. The molecule has 0 bridgehead atoms. The smallest absolute Gasteiger partial charge is 0.311 e. The van der Waals surface area contributed by atoms with E-state index in [2.05, 4.69) is 0 Å². The van der Waals surface area contributed by atoms with Crippen LogP contribution >= 0.6 is 0 Å². The van der Waals surface area contributed by atoms with E-state index < -0.39 is 21.4 Å². The summed E-state index contributed by atoms with van der Waals surface area (Å²) in [6.45, 7) is 4.54. The van der Waals surface area contributed by atoms with Gasteiger partial charge in [-0.15, -0.1) is 0 Å². The van der Waals surface area contributed by atoms with Gasteiger partial charge in [-0.3, -0.25) is 4.79 Å². The molecule has 1 fully saturated rings. The van der Waals surface area contributed by atoms with Crippen LogP contribution in [-0.4, -0.2) is 32.6 Å². The van der Waals surface area contributed by atoms with Crippen molar-refractivity contribution in [3.63, 3.8) is 0 Å². The van der Waals surface area contributed by atoms with Gasteiger partial charge < -0.3 is 10.0 Å². The maximum Gasteiger partial charge on any atom is 0.311 e. The fraction of sp³-hybridized carbons (Fsp3) is 0.500. The number of rotatable bonds is 4. The number of carboxylic acid groups (broad SMARTS) is 1. The van der Waals surface area contributed by atoms with E-state index in [1.807, 2.05) is 13.8 Å². The van der Waals surface area contributed by atoms with Gasteiger partial charge in [0.1, 0.15) is 4.90 Å². The van der Waals surface area contributed by atoms with Gasteiger partial charge in [0.15, 0.2) is 0 Å². The molecule has 1 aliphatic rings. The molecule has 2 rings (SSSR count). The Morgan fingerprint density at radius 1 is 1.38 bits per heavy atom. The van der Waals surface area contributed by atoms with Gasteiger partial charge in [0.25, 0.3) is 0 Å². The molecular weight excluding hydrogens is 292 g/mol. The summed E-state index contributed by atoms with van der Waals surface area (Å²) < 4.78 is 23.3. The van der Waals surface area contributed by atoms with Crippen LogP contribution in [0.1, 0.15) is 20.3 Å². The summed E-state index contributed by atoms with van der Waals surface area (Å²) in [4.78, 5) is 13.5. The Hall–Kier alpha value is -1.60. The number of sulfonamides is 1. The fourth-order valence-electron chi connectivity index (χ4n) is 2.89. The van der Waals surface area contributed by atoms with E-state index in [-0.39, 0.29) is 17.4 Å². The van der Waals surface area contributed by atoms with Crippen molar-refractivity contribution in [2.24, 2.45) is 16.5 Å². The van der Waals surface area contributed by atoms with E-state index in [4.69, 9.17) is 5.14 Å². The molecule has 0 radical (unpaired) electrons. The second kappa shape index (κ2) is 5.31. The molecule has 6 nitrogen and oxygen atoms in total. The molecule has 0 spiro atoms. The minimum atomic E-state index is -3.84. The molecule has 1 aromatic carbocycles. The highest BCUT2D eigenvalue weighted by Crippen LogP contribution is 2.41. The molecule has 0 amide bonds. The van der Waals surface area contributed by atoms with E-state index in [1.54, 1.807) is 23.1 Å². The second-order valence-electron chi connectivity index (χ2n) is 5.80. The normalized spacial score (nSPS) is 22.8. The Balaban J connectivity index is 2.41. The summed E-state index contributed by atoms with van der Waals surface area (Å²) in [5.41, 5.74) is -0.380. The highest BCUT2D eigenvalue weighted by Gasteiger charge is 2.47. The van der Waals surface area contributed by atoms with Crippen molar-refractivity contribution in [2.75, 3.05) is 18.0 Å². The minimum absolute atomic E-state index is 0.0370. The molecule has 1 heterocycles. The number of primary sulfonamides is 1. The average molecular weight is 312 g/mol. The summed E-state index contributed by atoms with van der Waals surface area (Å²) in [6, 6.07) is 6.44. The number of aliphatic carboxylic acids is 1. The molecule has 3 N–H and O–H groups in total. The maximum atomic E-state index is 11.7. The van der Waals surface area contributed by atoms with Crippen molar-refractivity contribution >= 4 is 21.7 Å². The predicted molar refractivity (Wildman–Crippen MR) is 79.6 cm³/mol. The molecule has 0 aromatic heterocycles. The lowest BCUT2D eigenvalue weighted by Crippen LogP contribution is -2.39. The van der Waals surface area contributed by atoms with Gasteiger partial charge in [0.05, 0.1) is 11.1 Å². The van der Waals surface area contributed by atoms with Crippen molar-refractivity contribution in [3.05, 3.63) is 24.3 Å². The van der Waals surface area contributed by atoms with Crippen LogP contribution in [0.5, 0.6) is 0 Å². The molecule has 1 saturated heterocycles. The Kier molecular flexibility index (Phi) is 3.99. The first-order valence-electron chi connectivity index (χ1n) is 6.78. The minimum Gasteiger partial charge on any atom is -0.481 e. The topological polar surface area (TPSA) is 101 Å². The third-order valence-corrected chi connectivity index (χ3v) is 5.30. The number of hydrogen-bond acceptors (Lipinski definition) is 4. The fourth-order valence-corrected chi connectivity index (χ4v) is 3.65. The van der Waals surface area contributed by atoms with Gasteiger partial charge >= 0.3 is 5.97 Å². The Bertz CT molecular complexity index is 657. The summed E-state index contributed by atoms with van der Waals surface area (Å²) in [7, 11) is -3.84. The lowest BCUT2D eigenvalue weighted by molar-refractivity contribution is -0.150. The van der Waals surface area contributed by atoms with Crippen LogP contribution in [0.3, 0.4) is 0 Å². The molecule has 116 valence electrons. The molecule has 1 atom stereocenters. The Morgan fingerprint density at radius 2 is 2.00 bits per heavy atom. The zero-order valence-corrected chi connectivity index (χ0v) is 12.9. The zero-order valence-electron chi connectivity index (χ0n) is 12.1. The van der Waals surface area contributed by atoms with E-state index >= 15 is 0 Å². The number of para-hydroxylation sites is 1. The number of benzene rings is 1. The molecule has 1 unspecified atom stereocenters. The van der Waals surface area contributed by atoms with E-state index in [0.717, 1.165) is 0 Å². The molecule has 1 aromatic rings. The monoisotopic (exact) mass is 312 g/mol. The van der Waals surface area contributed by atoms with Gasteiger partial charge in [0, 0.05) is 13.1 Å². The number of hydrogen-bond donors (Lipinski definition) is 2. The van der Waals surface area contributed by atoms with Crippen LogP contribution in [0.15, 0.2) is 29.2 Å². The summed E-state index contributed by atoms with van der Waals surface area (Å²) in [5, 5.41) is 14.8. The molecular formula is C14H20N2O4S. The van der Waals surface area contributed by atoms with E-state index in [9.17, 15) is 18.3 Å². The van der Waals surface area contributed by atoms with Crippen LogP contribution in [-0.2, 0) is 14.8 Å². The first-order chi connectivity index (χ1) is 9.68. The number of nitrogens with zero attached hydrogens (tertiary/aromatic N) is 1. The quantitative estimate of drug-likeness (QED) is 0.872. The van der Waals surface area contributed by atoms with Gasteiger partial charge in [-0.25, -0.2) is 13.6 Å². The maximum absolute atomic E-state index is 11.7. The van der Waals surface area contributed by atoms with Crippen molar-refractivity contribution < 1.29 is 18.3 Å². The molecule has 0 aliphatic carbocycles. The summed E-state index contributed by atoms with van der Waals surface area (Å²) in [6.07, 6.45) is 0.485. The van der Waals surface area contributed by atoms with Crippen molar-refractivity contribution in [3.8, 4) is 0 Å². The second-order valence-corrected chi connectivity index (χ2v) is 7.33. The van der Waals surface area contributed by atoms with Crippen LogP contribution in [0.25, 0.3) is 0 Å². The highest BCUT2D eigenvalue weighted by atomic mass is 32.2. The Morgan fingerprint density at radius 3 is 2.48 bits per heavy atom. The van der Waals surface area contributed by atoms with Crippen molar-refractivity contribution in [1.29, 1.82) is 0 Å². The third kappa shape index (κ3) is 2.75. The summed E-state index contributed by atoms with van der Waals surface area (Å²) >= 11 is 0. The molecule has 21 heavy (non-hydrogen) atoms. The number of anilines is 1. The van der Waals surface area contributed by atoms with Crippen LogP contribution in [0, 0.1) is 11.3 Å². The lowest BCUT2D eigenvalue weighted by Gasteiger charge is -2.29. The lowest BCUT2D eigenvalue weighted by atomic mass is 9.76. The standard InChI is InChI=1S/C14H20N2O4S/c1-10(2)14(13(17)18)7-8-16(9-14)11-5-3-4-6-12(11)21(15,19)20/h3-6,10H,7-9H2,1-2H3,(H,17,18)(H2,15,19,20). The van der Waals surface area contributed by atoms with E-state index in [1.165, 1.54) is 6.07 Å². The van der Waals surface area contributed by atoms with Crippen molar-refractivity contribution in [1.82, 2.24) is 0 Å². The Labute approximate surface area is 124 Å². The van der Waals surface area contributed by atoms with Crippen LogP contribution in [0.4, 0.5) is 5.69 Å². The number of carbonyl (C=O) groups is 1. The van der Waals surface area contributed by atoms with Gasteiger partial charge in [-0.1, -0.05) is 26.0 Å². The van der Waals surface area contributed by atoms with Gasteiger partial charge in [-0.05, 0) is 24.5 Å².